The second-order valence-electron chi connectivity index (χ2n) is 7.83. The zero-order valence-electron chi connectivity index (χ0n) is 17.7. The molecule has 1 aliphatic rings. The van der Waals surface area contributed by atoms with Gasteiger partial charge >= 0.3 is 6.18 Å². The van der Waals surface area contributed by atoms with Gasteiger partial charge in [0.1, 0.15) is 11.6 Å². The number of carbonyl (C=O) groups is 1. The third-order valence-electron chi connectivity index (χ3n) is 5.31. The average molecular weight is 499 g/mol. The lowest BCUT2D eigenvalue weighted by Crippen LogP contribution is -2.32. The van der Waals surface area contributed by atoms with Crippen LogP contribution in [0.3, 0.4) is 0 Å². The molecular formula is C22H19ClF4N4O3. The molecule has 3 aromatic rings. The lowest BCUT2D eigenvalue weighted by atomic mass is 10.0. The lowest BCUT2D eigenvalue weighted by Gasteiger charge is -2.20. The van der Waals surface area contributed by atoms with Crippen LogP contribution in [0.5, 0.6) is 5.75 Å². The number of anilines is 1. The largest absolute Gasteiger partial charge is 0.480 e. The zero-order valence-corrected chi connectivity index (χ0v) is 18.5. The molecule has 0 aliphatic heterocycles. The van der Waals surface area contributed by atoms with Gasteiger partial charge < -0.3 is 15.2 Å². The van der Waals surface area contributed by atoms with Crippen LogP contribution in [0.2, 0.25) is 5.02 Å². The van der Waals surface area contributed by atoms with E-state index in [1.54, 1.807) is 0 Å². The summed E-state index contributed by atoms with van der Waals surface area (Å²) in [6.07, 6.45) is -3.76. The van der Waals surface area contributed by atoms with Gasteiger partial charge in [-0.1, -0.05) is 11.6 Å². The van der Waals surface area contributed by atoms with Crippen molar-refractivity contribution in [1.29, 1.82) is 0 Å². The Balaban J connectivity index is 1.74. The minimum atomic E-state index is -4.73. The van der Waals surface area contributed by atoms with Crippen LogP contribution >= 0.6 is 11.6 Å². The molecule has 0 bridgehead atoms. The summed E-state index contributed by atoms with van der Waals surface area (Å²) in [6.45, 7) is 0.244. The number of aliphatic hydroxyl groups is 1. The number of nitrogens with one attached hydrogen (secondary N) is 2. The Labute approximate surface area is 196 Å². The molecule has 1 fully saturated rings. The molecule has 4 rings (SSSR count). The molecule has 180 valence electrons. The van der Waals surface area contributed by atoms with Crippen molar-refractivity contribution in [3.05, 3.63) is 58.3 Å². The molecule has 2 heterocycles. The lowest BCUT2D eigenvalue weighted by molar-refractivity contribution is -0.189. The Bertz CT molecular complexity index is 1230. The number of aliphatic hydroxyl groups excluding tert-OH is 1. The molecule has 2 aromatic heterocycles. The number of alkyl halides is 3. The van der Waals surface area contributed by atoms with E-state index in [9.17, 15) is 23.1 Å². The van der Waals surface area contributed by atoms with E-state index < -0.39 is 41.9 Å². The van der Waals surface area contributed by atoms with Gasteiger partial charge in [0.05, 0.1) is 40.0 Å². The van der Waals surface area contributed by atoms with E-state index in [0.29, 0.717) is 11.4 Å². The van der Waals surface area contributed by atoms with Crippen LogP contribution in [0.25, 0.3) is 11.3 Å². The maximum absolute atomic E-state index is 15.1. The van der Waals surface area contributed by atoms with Crippen LogP contribution < -0.4 is 10.1 Å². The van der Waals surface area contributed by atoms with Gasteiger partial charge in [-0.25, -0.2) is 9.37 Å². The van der Waals surface area contributed by atoms with E-state index >= 15 is 4.39 Å². The maximum atomic E-state index is 15.1. The van der Waals surface area contributed by atoms with Gasteiger partial charge in [-0.3, -0.25) is 9.89 Å². The van der Waals surface area contributed by atoms with E-state index in [1.807, 2.05) is 0 Å². The van der Waals surface area contributed by atoms with E-state index in [2.05, 4.69) is 20.5 Å². The highest BCUT2D eigenvalue weighted by Crippen LogP contribution is 2.42. The molecular weight excluding hydrogens is 480 g/mol. The first kappa shape index (κ1) is 24.0. The summed E-state index contributed by atoms with van der Waals surface area (Å²) in [7, 11) is 0. The fourth-order valence-corrected chi connectivity index (χ4v) is 3.45. The van der Waals surface area contributed by atoms with Crippen LogP contribution in [0.1, 0.15) is 47.4 Å². The highest BCUT2D eigenvalue weighted by Gasteiger charge is 2.39. The van der Waals surface area contributed by atoms with Crippen LogP contribution in [0, 0.1) is 5.82 Å². The molecule has 0 unspecified atom stereocenters. The average Bonchev–Trinajstić information content (AvgIpc) is 3.53. The van der Waals surface area contributed by atoms with Crippen LogP contribution in [-0.4, -0.2) is 38.5 Å². The molecule has 7 nitrogen and oxygen atoms in total. The first-order valence-corrected chi connectivity index (χ1v) is 10.6. The Morgan fingerprint density at radius 1 is 1.35 bits per heavy atom. The first-order valence-electron chi connectivity index (χ1n) is 10.3. The summed E-state index contributed by atoms with van der Waals surface area (Å²) >= 11 is 5.92. The minimum Gasteiger partial charge on any atom is -0.480 e. The summed E-state index contributed by atoms with van der Waals surface area (Å²) in [5.74, 6) is -2.10. The molecule has 12 heteroatoms. The van der Waals surface area contributed by atoms with Crippen molar-refractivity contribution in [3.63, 3.8) is 0 Å². The molecule has 34 heavy (non-hydrogen) atoms. The first-order chi connectivity index (χ1) is 16.1. The number of aromatic nitrogens is 3. The highest BCUT2D eigenvalue weighted by atomic mass is 35.5. The van der Waals surface area contributed by atoms with Gasteiger partial charge in [0.2, 0.25) is 0 Å². The van der Waals surface area contributed by atoms with Crippen molar-refractivity contribution in [2.45, 2.75) is 44.6 Å². The third kappa shape index (κ3) is 5.00. The molecule has 1 amide bonds. The SMILES string of the molecule is C[C@H](Oc1cc(-c2ccc(Cl)c(CO)n2)c(F)cc1C(=O)Nc1c[nH]nc1C1CC1)C(F)(F)F. The second-order valence-corrected chi connectivity index (χ2v) is 8.23. The zero-order chi connectivity index (χ0) is 24.6. The number of hydrogen-bond acceptors (Lipinski definition) is 5. The molecule has 3 N–H and O–H groups in total. The molecule has 1 aliphatic carbocycles. The number of aromatic amines is 1. The van der Waals surface area contributed by atoms with Crippen molar-refractivity contribution >= 4 is 23.2 Å². The molecule has 0 spiro atoms. The fourth-order valence-electron chi connectivity index (χ4n) is 3.29. The van der Waals surface area contributed by atoms with Crippen molar-refractivity contribution < 1.29 is 32.2 Å². The van der Waals surface area contributed by atoms with Crippen molar-refractivity contribution in [3.8, 4) is 17.0 Å². The predicted molar refractivity (Wildman–Crippen MR) is 115 cm³/mol. The molecule has 1 aromatic carbocycles. The van der Waals surface area contributed by atoms with Gasteiger partial charge in [0.15, 0.2) is 6.10 Å². The summed E-state index contributed by atoms with van der Waals surface area (Å²) in [6, 6.07) is 4.46. The van der Waals surface area contributed by atoms with E-state index in [0.717, 1.165) is 31.9 Å². The van der Waals surface area contributed by atoms with Gasteiger partial charge in [0.25, 0.3) is 5.91 Å². The van der Waals surface area contributed by atoms with E-state index in [1.165, 1.54) is 18.3 Å². The third-order valence-corrected chi connectivity index (χ3v) is 5.65. The predicted octanol–water partition coefficient (Wildman–Crippen LogP) is 5.22. The Morgan fingerprint density at radius 2 is 2.09 bits per heavy atom. The number of carbonyl (C=O) groups excluding carboxylic acids is 1. The molecule has 1 atom stereocenters. The second kappa shape index (κ2) is 9.22. The van der Waals surface area contributed by atoms with E-state index in [4.69, 9.17) is 16.3 Å². The van der Waals surface area contributed by atoms with E-state index in [-0.39, 0.29) is 27.9 Å². The highest BCUT2D eigenvalue weighted by molar-refractivity contribution is 6.31. The number of benzene rings is 1. The summed E-state index contributed by atoms with van der Waals surface area (Å²) in [5, 5.41) is 18.8. The monoisotopic (exact) mass is 498 g/mol. The maximum Gasteiger partial charge on any atom is 0.425 e. The number of rotatable bonds is 7. The Kier molecular flexibility index (Phi) is 6.50. The molecule has 0 radical (unpaired) electrons. The summed E-state index contributed by atoms with van der Waals surface area (Å²) in [5.41, 5.74) is 0.371. The number of halogens is 5. The topological polar surface area (TPSA) is 100 Å². The minimum absolute atomic E-state index is 0.00623. The number of pyridine rings is 1. The number of ether oxygens (including phenoxy) is 1. The van der Waals surface area contributed by atoms with Gasteiger partial charge in [0, 0.05) is 17.7 Å². The quantitative estimate of drug-likeness (QED) is 0.388. The van der Waals surface area contributed by atoms with Gasteiger partial charge in [-0.15, -0.1) is 0 Å². The number of amides is 1. The molecule has 1 saturated carbocycles. The Morgan fingerprint density at radius 3 is 2.74 bits per heavy atom. The number of nitrogens with zero attached hydrogens (tertiary/aromatic N) is 2. The number of hydrogen-bond donors (Lipinski definition) is 3. The van der Waals surface area contributed by atoms with Crippen molar-refractivity contribution in [1.82, 2.24) is 15.2 Å². The normalized spacial score (nSPS) is 14.7. The smallest absolute Gasteiger partial charge is 0.425 e. The van der Waals surface area contributed by atoms with Crippen LogP contribution in [0.15, 0.2) is 30.5 Å². The standard InChI is InChI=1S/C22H19ClF4N4O3/c1-10(22(25,26)27)34-19-7-12(16-5-4-14(23)18(9-32)29-16)15(24)6-13(19)21(33)30-17-8-28-31-20(17)11-2-3-11/h4-8,10-11,32H,2-3,9H2,1H3,(H,28,31)(H,30,33)/t10-/m0/s1. The summed E-state index contributed by atoms with van der Waals surface area (Å²) in [4.78, 5) is 17.0. The van der Waals surface area contributed by atoms with Gasteiger partial charge in [-0.05, 0) is 44.0 Å². The van der Waals surface area contributed by atoms with Gasteiger partial charge in [-0.2, -0.15) is 18.3 Å². The fraction of sp³-hybridized carbons (Fsp3) is 0.318. The van der Waals surface area contributed by atoms with Crippen molar-refractivity contribution in [2.24, 2.45) is 0 Å². The summed E-state index contributed by atoms with van der Waals surface area (Å²) < 4.78 is 59.7. The van der Waals surface area contributed by atoms with Crippen LogP contribution in [0.4, 0.5) is 23.2 Å². The van der Waals surface area contributed by atoms with Crippen LogP contribution in [-0.2, 0) is 6.61 Å². The van der Waals surface area contributed by atoms with Crippen molar-refractivity contribution in [2.75, 3.05) is 5.32 Å². The molecule has 0 saturated heterocycles. The Hall–Kier alpha value is -3.18. The number of H-pyrrole nitrogens is 1.